The Balaban J connectivity index is 1.82. The quantitative estimate of drug-likeness (QED) is 0.776. The summed E-state index contributed by atoms with van der Waals surface area (Å²) in [4.78, 5) is 27.5. The highest BCUT2D eigenvalue weighted by Gasteiger charge is 2.37. The molecule has 0 aromatic heterocycles. The minimum Gasteiger partial charge on any atom is -0.291 e. The molecule has 0 saturated carbocycles. The third kappa shape index (κ3) is 2.22. The predicted octanol–water partition coefficient (Wildman–Crippen LogP) is 2.04. The van der Waals surface area contributed by atoms with Gasteiger partial charge in [0.25, 0.3) is 5.78 Å². The van der Waals surface area contributed by atoms with Gasteiger partial charge in [-0.25, -0.2) is 4.39 Å². The van der Waals surface area contributed by atoms with Crippen LogP contribution in [0.4, 0.5) is 10.1 Å². The van der Waals surface area contributed by atoms with Crippen molar-refractivity contribution in [2.75, 3.05) is 24.7 Å². The Morgan fingerprint density at radius 2 is 1.95 bits per heavy atom. The lowest BCUT2D eigenvalue weighted by Gasteiger charge is -2.33. The first-order valence-corrected chi connectivity index (χ1v) is 6.94. The number of piperidine rings is 1. The molecular weight excluding hydrogens is 259 g/mol. The molecule has 2 aliphatic rings. The van der Waals surface area contributed by atoms with Crippen LogP contribution in [-0.2, 0) is 4.79 Å². The Morgan fingerprint density at radius 3 is 2.65 bits per heavy atom. The number of hydrogen-bond acceptors (Lipinski definition) is 3. The minimum absolute atomic E-state index is 0.307. The summed E-state index contributed by atoms with van der Waals surface area (Å²) in [6.45, 7) is 4.40. The number of benzene rings is 1. The number of halogens is 1. The van der Waals surface area contributed by atoms with E-state index in [1.54, 1.807) is 0 Å². The number of Topliss-reactive ketones (excluding diaryl/α,β-unsaturated/α-hetero) is 1. The van der Waals surface area contributed by atoms with E-state index in [0.29, 0.717) is 23.8 Å². The summed E-state index contributed by atoms with van der Waals surface area (Å²) in [5.41, 5.74) is 0.709. The van der Waals surface area contributed by atoms with Gasteiger partial charge >= 0.3 is 5.91 Å². The molecular formula is C15H17FN2O2. The first-order valence-electron chi connectivity index (χ1n) is 6.94. The maximum absolute atomic E-state index is 13.4. The molecule has 0 unspecified atom stereocenters. The maximum Gasteiger partial charge on any atom is 0.300 e. The summed E-state index contributed by atoms with van der Waals surface area (Å²) in [6, 6.07) is 3.88. The molecule has 5 heteroatoms. The fourth-order valence-electron chi connectivity index (χ4n) is 2.81. The summed E-state index contributed by atoms with van der Waals surface area (Å²) in [5.74, 6) is -0.815. The fraction of sp³-hybridized carbons (Fsp3) is 0.467. The maximum atomic E-state index is 13.4. The van der Waals surface area contributed by atoms with Gasteiger partial charge in [0.05, 0.1) is 17.9 Å². The van der Waals surface area contributed by atoms with Gasteiger partial charge < -0.3 is 0 Å². The molecule has 3 rings (SSSR count). The van der Waals surface area contributed by atoms with Crippen LogP contribution in [0.2, 0.25) is 0 Å². The average molecular weight is 276 g/mol. The van der Waals surface area contributed by atoms with E-state index >= 15 is 0 Å². The van der Waals surface area contributed by atoms with Crippen molar-refractivity contribution in [3.8, 4) is 0 Å². The Morgan fingerprint density at radius 1 is 1.25 bits per heavy atom. The van der Waals surface area contributed by atoms with Crippen molar-refractivity contribution in [3.05, 3.63) is 29.6 Å². The van der Waals surface area contributed by atoms with Crippen molar-refractivity contribution in [1.82, 2.24) is 4.90 Å². The monoisotopic (exact) mass is 276 g/mol. The average Bonchev–Trinajstić information content (AvgIpc) is 2.66. The molecule has 4 nitrogen and oxygen atoms in total. The summed E-state index contributed by atoms with van der Waals surface area (Å²) >= 11 is 0. The molecule has 20 heavy (non-hydrogen) atoms. The van der Waals surface area contributed by atoms with E-state index in [1.165, 1.54) is 23.1 Å². The van der Waals surface area contributed by atoms with Crippen LogP contribution in [-0.4, -0.2) is 36.3 Å². The van der Waals surface area contributed by atoms with Crippen LogP contribution in [0.5, 0.6) is 0 Å². The first-order chi connectivity index (χ1) is 9.56. The number of likely N-dealkylation sites (tertiary alicyclic amines) is 1. The Labute approximate surface area is 117 Å². The van der Waals surface area contributed by atoms with Gasteiger partial charge in [0.1, 0.15) is 5.82 Å². The molecule has 0 bridgehead atoms. The number of hydrogen-bond donors (Lipinski definition) is 0. The second-order valence-corrected chi connectivity index (χ2v) is 5.67. The van der Waals surface area contributed by atoms with Crippen LogP contribution in [0.15, 0.2) is 18.2 Å². The molecule has 1 aromatic carbocycles. The second-order valence-electron chi connectivity index (χ2n) is 5.67. The number of ketones is 1. The van der Waals surface area contributed by atoms with Crippen molar-refractivity contribution in [2.45, 2.75) is 19.8 Å². The zero-order chi connectivity index (χ0) is 14.3. The van der Waals surface area contributed by atoms with Gasteiger partial charge in [0.2, 0.25) is 0 Å². The van der Waals surface area contributed by atoms with E-state index in [4.69, 9.17) is 0 Å². The van der Waals surface area contributed by atoms with Crippen LogP contribution in [0, 0.1) is 11.7 Å². The highest BCUT2D eigenvalue weighted by molar-refractivity contribution is 6.52. The van der Waals surface area contributed by atoms with E-state index < -0.39 is 17.5 Å². The molecule has 1 amide bonds. The molecule has 1 saturated heterocycles. The molecule has 2 heterocycles. The van der Waals surface area contributed by atoms with Crippen molar-refractivity contribution >= 4 is 17.4 Å². The van der Waals surface area contributed by atoms with Gasteiger partial charge in [-0.2, -0.15) is 0 Å². The van der Waals surface area contributed by atoms with Crippen LogP contribution in [0.3, 0.4) is 0 Å². The lowest BCUT2D eigenvalue weighted by molar-refractivity contribution is -0.114. The van der Waals surface area contributed by atoms with E-state index in [1.807, 2.05) is 0 Å². The largest absolute Gasteiger partial charge is 0.300 e. The molecule has 0 N–H and O–H groups in total. The normalized spacial score (nSPS) is 20.6. The topological polar surface area (TPSA) is 40.6 Å². The number of nitrogens with zero attached hydrogens (tertiary/aromatic N) is 2. The number of amides is 1. The second kappa shape index (κ2) is 4.98. The molecule has 1 aromatic rings. The zero-order valence-electron chi connectivity index (χ0n) is 11.4. The summed E-state index contributed by atoms with van der Waals surface area (Å²) in [5, 5.41) is 0. The number of fused-ring (bicyclic) bond motifs is 1. The Bertz CT molecular complexity index is 565. The highest BCUT2D eigenvalue weighted by Crippen LogP contribution is 2.30. The van der Waals surface area contributed by atoms with Crippen LogP contribution in [0.1, 0.15) is 30.1 Å². The summed E-state index contributed by atoms with van der Waals surface area (Å²) in [7, 11) is 0. The van der Waals surface area contributed by atoms with Crippen LogP contribution >= 0.6 is 0 Å². The van der Waals surface area contributed by atoms with Gasteiger partial charge in [-0.15, -0.1) is 0 Å². The number of rotatable bonds is 2. The van der Waals surface area contributed by atoms with Crippen LogP contribution in [0.25, 0.3) is 0 Å². The number of anilines is 1. The third-order valence-corrected chi connectivity index (χ3v) is 4.15. The number of carbonyl (C=O) groups is 2. The van der Waals surface area contributed by atoms with E-state index in [9.17, 15) is 14.0 Å². The smallest absolute Gasteiger partial charge is 0.291 e. The minimum atomic E-state index is -0.552. The Hall–Kier alpha value is -1.75. The van der Waals surface area contributed by atoms with E-state index in [2.05, 4.69) is 11.8 Å². The molecule has 0 atom stereocenters. The van der Waals surface area contributed by atoms with E-state index in [0.717, 1.165) is 25.9 Å². The van der Waals surface area contributed by atoms with Crippen LogP contribution < -0.4 is 4.90 Å². The third-order valence-electron chi connectivity index (χ3n) is 4.15. The predicted molar refractivity (Wildman–Crippen MR) is 73.1 cm³/mol. The standard InChI is InChI=1S/C15H17FN2O2/c1-10-4-6-17(7-5-10)9-18-13-8-11(16)2-3-12(13)14(19)15(18)20/h2-3,8,10H,4-7,9H2,1H3. The molecule has 106 valence electrons. The van der Waals surface area contributed by atoms with Crippen molar-refractivity contribution in [2.24, 2.45) is 5.92 Å². The van der Waals surface area contributed by atoms with Gasteiger partial charge in [0, 0.05) is 13.1 Å². The SMILES string of the molecule is CC1CCN(CN2C(=O)C(=O)c3ccc(F)cc32)CC1. The summed E-state index contributed by atoms with van der Waals surface area (Å²) in [6.07, 6.45) is 2.18. The van der Waals surface area contributed by atoms with Gasteiger partial charge in [0.15, 0.2) is 0 Å². The first kappa shape index (κ1) is 13.2. The Kier molecular flexibility index (Phi) is 3.30. The van der Waals surface area contributed by atoms with Gasteiger partial charge in [-0.05, 0) is 37.0 Å². The molecule has 0 aliphatic carbocycles. The molecule has 0 spiro atoms. The zero-order valence-corrected chi connectivity index (χ0v) is 11.4. The lowest BCUT2D eigenvalue weighted by atomic mass is 10.00. The summed E-state index contributed by atoms with van der Waals surface area (Å²) < 4.78 is 13.4. The fourth-order valence-corrected chi connectivity index (χ4v) is 2.81. The van der Waals surface area contributed by atoms with E-state index in [-0.39, 0.29) is 0 Å². The molecule has 1 fully saturated rings. The van der Waals surface area contributed by atoms with Crippen molar-refractivity contribution in [1.29, 1.82) is 0 Å². The van der Waals surface area contributed by atoms with Crippen molar-refractivity contribution in [3.63, 3.8) is 0 Å². The number of carbonyl (C=O) groups excluding carboxylic acids is 2. The molecule has 0 radical (unpaired) electrons. The highest BCUT2D eigenvalue weighted by atomic mass is 19.1. The van der Waals surface area contributed by atoms with Gasteiger partial charge in [-0.1, -0.05) is 6.92 Å². The molecule has 2 aliphatic heterocycles. The van der Waals surface area contributed by atoms with Gasteiger partial charge in [-0.3, -0.25) is 19.4 Å². The lowest BCUT2D eigenvalue weighted by Crippen LogP contribution is -2.44. The van der Waals surface area contributed by atoms with Crippen molar-refractivity contribution < 1.29 is 14.0 Å².